The quantitative estimate of drug-likeness (QED) is 0.190. The molecule has 0 spiro atoms. The summed E-state index contributed by atoms with van der Waals surface area (Å²) in [5.74, 6) is 0. The van der Waals surface area contributed by atoms with Gasteiger partial charge in [-0.05, 0) is 122 Å². The van der Waals surface area contributed by atoms with Crippen molar-refractivity contribution in [2.45, 2.75) is 26.7 Å². The lowest BCUT2D eigenvalue weighted by molar-refractivity contribution is 0.668. The summed E-state index contributed by atoms with van der Waals surface area (Å²) < 4.78 is 6.67. The molecule has 8 rings (SSSR count). The highest BCUT2D eigenvalue weighted by Crippen LogP contribution is 2.42. The molecule has 47 heavy (non-hydrogen) atoms. The number of fused-ring (bicyclic) bond motifs is 5. The number of furan rings is 1. The van der Waals surface area contributed by atoms with Gasteiger partial charge < -0.3 is 4.42 Å². The molecule has 0 N–H and O–H groups in total. The van der Waals surface area contributed by atoms with E-state index in [0.29, 0.717) is 0 Å². The van der Waals surface area contributed by atoms with Gasteiger partial charge in [0.05, 0.1) is 0 Å². The smallest absolute Gasteiger partial charge is 0.136 e. The van der Waals surface area contributed by atoms with Crippen LogP contribution in [0.15, 0.2) is 121 Å². The van der Waals surface area contributed by atoms with E-state index in [1.54, 1.807) is 0 Å². The summed E-state index contributed by atoms with van der Waals surface area (Å²) in [5.41, 5.74) is 13.7. The second-order valence-electron chi connectivity index (χ2n) is 12.3. The minimum absolute atomic E-state index is 0.871. The molecule has 0 saturated heterocycles. The molecule has 6 aromatic carbocycles. The van der Waals surface area contributed by atoms with Gasteiger partial charge in [-0.1, -0.05) is 128 Å². The van der Waals surface area contributed by atoms with E-state index in [1.165, 1.54) is 60.2 Å². The second kappa shape index (κ2) is 11.6. The molecule has 0 unspecified atom stereocenters. The fourth-order valence-electron chi connectivity index (χ4n) is 7.69. The van der Waals surface area contributed by atoms with Crippen LogP contribution in [0.2, 0.25) is 0 Å². The molecule has 0 aliphatic heterocycles. The maximum atomic E-state index is 6.67. The van der Waals surface area contributed by atoms with Gasteiger partial charge in [0.25, 0.3) is 0 Å². The summed E-state index contributed by atoms with van der Waals surface area (Å²) in [6, 6.07) is 35.1. The van der Waals surface area contributed by atoms with Crippen molar-refractivity contribution in [1.29, 1.82) is 0 Å². The van der Waals surface area contributed by atoms with E-state index in [-0.39, 0.29) is 0 Å². The van der Waals surface area contributed by atoms with Gasteiger partial charge in [-0.15, -0.1) is 0 Å². The zero-order chi connectivity index (χ0) is 32.1. The fraction of sp³-hybridized carbons (Fsp3) is 0.0870. The van der Waals surface area contributed by atoms with E-state index in [1.807, 2.05) is 12.2 Å². The third-order valence-electron chi connectivity index (χ3n) is 9.81. The molecular weight excluding hydrogens is 569 g/mol. The van der Waals surface area contributed by atoms with Crippen LogP contribution in [0.25, 0.3) is 96.5 Å². The van der Waals surface area contributed by atoms with E-state index in [9.17, 15) is 0 Å². The van der Waals surface area contributed by atoms with Crippen LogP contribution < -0.4 is 10.4 Å². The summed E-state index contributed by atoms with van der Waals surface area (Å²) in [5, 5.41) is 7.07. The van der Waals surface area contributed by atoms with Crippen molar-refractivity contribution in [2.75, 3.05) is 0 Å². The normalized spacial score (nSPS) is 13.5. The molecule has 1 aliphatic rings. The molecule has 0 amide bonds. The van der Waals surface area contributed by atoms with Crippen molar-refractivity contribution in [3.05, 3.63) is 149 Å². The summed E-state index contributed by atoms with van der Waals surface area (Å²) >= 11 is 0. The third kappa shape index (κ3) is 4.54. The molecule has 1 aromatic heterocycles. The lowest BCUT2D eigenvalue weighted by atomic mass is 9.84. The minimum Gasteiger partial charge on any atom is -0.456 e. The minimum atomic E-state index is 0.871. The Morgan fingerprint density at radius 2 is 1.26 bits per heavy atom. The number of hydrogen-bond acceptors (Lipinski definition) is 1. The van der Waals surface area contributed by atoms with Crippen LogP contribution in [0.1, 0.15) is 42.5 Å². The van der Waals surface area contributed by atoms with Gasteiger partial charge >= 0.3 is 0 Å². The Kier molecular flexibility index (Phi) is 7.11. The van der Waals surface area contributed by atoms with Gasteiger partial charge in [0.2, 0.25) is 0 Å². The fourth-order valence-corrected chi connectivity index (χ4v) is 7.69. The first kappa shape index (κ1) is 28.8. The Hall–Kier alpha value is -5.66. The predicted octanol–water partition coefficient (Wildman–Crippen LogP) is 11.6. The van der Waals surface area contributed by atoms with E-state index < -0.39 is 0 Å². The van der Waals surface area contributed by atoms with E-state index in [4.69, 9.17) is 4.42 Å². The first-order valence-electron chi connectivity index (χ1n) is 16.5. The predicted molar refractivity (Wildman–Crippen MR) is 205 cm³/mol. The number of rotatable bonds is 5. The van der Waals surface area contributed by atoms with Gasteiger partial charge in [-0.3, -0.25) is 0 Å². The number of benzene rings is 6. The molecule has 0 atom stereocenters. The van der Waals surface area contributed by atoms with Crippen molar-refractivity contribution in [1.82, 2.24) is 0 Å². The number of hydrogen-bond donors (Lipinski definition) is 0. The van der Waals surface area contributed by atoms with Crippen LogP contribution in [0, 0.1) is 0 Å². The Labute approximate surface area is 275 Å². The van der Waals surface area contributed by atoms with Crippen LogP contribution in [-0.2, 0) is 6.42 Å². The summed E-state index contributed by atoms with van der Waals surface area (Å²) in [4.78, 5) is 0. The average molecular weight is 605 g/mol. The van der Waals surface area contributed by atoms with Crippen molar-refractivity contribution in [3.8, 4) is 33.4 Å². The standard InChI is InChI=1S/C46H36O/c1-5-34-35(6-2)46-41-26-32-18-12-13-19-33(32)27-42(41)47-43(46)28-40(34)45-37(8-4)36(7-3)44(38-20-14-15-21-39(38)45)31-24-22-30(23-25-31)29-16-10-9-11-17-29/h5-11,13-17,19-28H,1-2,12,18H2,3-4H3/b36-7+,37-8+. The highest BCUT2D eigenvalue weighted by molar-refractivity contribution is 6.15. The van der Waals surface area contributed by atoms with Crippen molar-refractivity contribution in [3.63, 3.8) is 0 Å². The molecule has 0 bridgehead atoms. The van der Waals surface area contributed by atoms with Crippen molar-refractivity contribution < 1.29 is 4.42 Å². The molecule has 1 heteroatoms. The lowest BCUT2D eigenvalue weighted by Gasteiger charge is -2.18. The number of aryl methyl sites for hydroxylation is 1. The monoisotopic (exact) mass is 604 g/mol. The van der Waals surface area contributed by atoms with Gasteiger partial charge in [0.15, 0.2) is 0 Å². The zero-order valence-corrected chi connectivity index (χ0v) is 26.9. The topological polar surface area (TPSA) is 13.1 Å². The van der Waals surface area contributed by atoms with Crippen LogP contribution in [0.5, 0.6) is 0 Å². The first-order chi connectivity index (χ1) is 23.1. The van der Waals surface area contributed by atoms with Gasteiger partial charge in [-0.2, -0.15) is 0 Å². The van der Waals surface area contributed by atoms with Crippen molar-refractivity contribution >= 4 is 63.1 Å². The maximum absolute atomic E-state index is 6.67. The molecule has 1 nitrogen and oxygen atoms in total. The van der Waals surface area contributed by atoms with Gasteiger partial charge in [0, 0.05) is 10.8 Å². The molecule has 1 heterocycles. The summed E-state index contributed by atoms with van der Waals surface area (Å²) in [6.45, 7) is 12.9. The van der Waals surface area contributed by atoms with Gasteiger partial charge in [-0.25, -0.2) is 0 Å². The lowest BCUT2D eigenvalue weighted by Crippen LogP contribution is -2.29. The van der Waals surface area contributed by atoms with Crippen LogP contribution in [0.3, 0.4) is 0 Å². The van der Waals surface area contributed by atoms with Gasteiger partial charge in [0.1, 0.15) is 11.2 Å². The summed E-state index contributed by atoms with van der Waals surface area (Å²) in [7, 11) is 0. The SMILES string of the molecule is C=Cc1c(-c2c(=C/C)/c(=C\C)c(-c3ccc(-c4ccccc4)cc3)c3ccccc23)cc2oc3cc4c(cc3c2c1C=C)CCC=C4. The van der Waals surface area contributed by atoms with Crippen LogP contribution in [0.4, 0.5) is 0 Å². The summed E-state index contributed by atoms with van der Waals surface area (Å²) in [6.07, 6.45) is 15.1. The average Bonchev–Trinajstić information content (AvgIpc) is 3.49. The zero-order valence-electron chi connectivity index (χ0n) is 26.9. The van der Waals surface area contributed by atoms with E-state index >= 15 is 0 Å². The van der Waals surface area contributed by atoms with Crippen LogP contribution in [-0.4, -0.2) is 0 Å². The Morgan fingerprint density at radius 3 is 1.96 bits per heavy atom. The van der Waals surface area contributed by atoms with E-state index in [0.717, 1.165) is 51.5 Å². The molecule has 0 radical (unpaired) electrons. The van der Waals surface area contributed by atoms with E-state index in [2.05, 4.69) is 148 Å². The maximum Gasteiger partial charge on any atom is 0.136 e. The highest BCUT2D eigenvalue weighted by Gasteiger charge is 2.22. The van der Waals surface area contributed by atoms with Crippen molar-refractivity contribution in [2.24, 2.45) is 0 Å². The molecule has 226 valence electrons. The molecule has 0 fully saturated rings. The largest absolute Gasteiger partial charge is 0.456 e. The molecular formula is C46H36O. The first-order valence-corrected chi connectivity index (χ1v) is 16.5. The Morgan fingerprint density at radius 1 is 0.617 bits per heavy atom. The molecule has 7 aromatic rings. The van der Waals surface area contributed by atoms with Crippen LogP contribution >= 0.6 is 0 Å². The number of allylic oxidation sites excluding steroid dienone is 1. The molecule has 0 saturated carbocycles. The molecule has 1 aliphatic carbocycles. The Bertz CT molecular complexity index is 2540. The second-order valence-corrected chi connectivity index (χ2v) is 12.3. The Balaban J connectivity index is 1.43. The third-order valence-corrected chi connectivity index (χ3v) is 9.81. The highest BCUT2D eigenvalue weighted by atomic mass is 16.3.